The SMILES string of the molecule is Nc1ccc(O)cc1C(=O)NC1CCSCC1. The number of hydrogen-bond acceptors (Lipinski definition) is 4. The fourth-order valence-corrected chi connectivity index (χ4v) is 2.95. The second-order valence-corrected chi connectivity index (χ2v) is 5.36. The average molecular weight is 252 g/mol. The van der Waals surface area contributed by atoms with Crippen molar-refractivity contribution in [2.24, 2.45) is 0 Å². The third-order valence-corrected chi connectivity index (χ3v) is 3.89. The minimum atomic E-state index is -0.199. The van der Waals surface area contributed by atoms with Crippen LogP contribution in [0.3, 0.4) is 0 Å². The first kappa shape index (κ1) is 12.1. The number of nitrogen functional groups attached to an aromatic ring is 1. The van der Waals surface area contributed by atoms with Crippen molar-refractivity contribution >= 4 is 23.4 Å². The van der Waals surface area contributed by atoms with Crippen LogP contribution in [0.1, 0.15) is 23.2 Å². The zero-order chi connectivity index (χ0) is 12.3. The van der Waals surface area contributed by atoms with Crippen LogP contribution >= 0.6 is 11.8 Å². The summed E-state index contributed by atoms with van der Waals surface area (Å²) in [6, 6.07) is 4.65. The Balaban J connectivity index is 2.05. The van der Waals surface area contributed by atoms with E-state index >= 15 is 0 Å². The highest BCUT2D eigenvalue weighted by Crippen LogP contribution is 2.20. The molecule has 5 heteroatoms. The highest BCUT2D eigenvalue weighted by Gasteiger charge is 2.18. The molecule has 1 saturated heterocycles. The Labute approximate surface area is 105 Å². The Hall–Kier alpha value is -1.36. The number of amides is 1. The highest BCUT2D eigenvalue weighted by atomic mass is 32.2. The topological polar surface area (TPSA) is 75.3 Å². The number of benzene rings is 1. The Morgan fingerprint density at radius 1 is 1.41 bits per heavy atom. The summed E-state index contributed by atoms with van der Waals surface area (Å²) in [5.41, 5.74) is 6.46. The molecule has 0 aliphatic carbocycles. The minimum Gasteiger partial charge on any atom is -0.508 e. The monoisotopic (exact) mass is 252 g/mol. The summed E-state index contributed by atoms with van der Waals surface area (Å²) < 4.78 is 0. The maximum Gasteiger partial charge on any atom is 0.253 e. The van der Waals surface area contributed by atoms with Gasteiger partial charge in [0, 0.05) is 11.7 Å². The van der Waals surface area contributed by atoms with E-state index in [4.69, 9.17) is 5.73 Å². The number of carbonyl (C=O) groups excluding carboxylic acids is 1. The molecular weight excluding hydrogens is 236 g/mol. The molecule has 2 rings (SSSR count). The number of phenolic OH excluding ortho intramolecular Hbond substituents is 1. The van der Waals surface area contributed by atoms with Gasteiger partial charge in [-0.1, -0.05) is 0 Å². The van der Waals surface area contributed by atoms with Gasteiger partial charge in [-0.3, -0.25) is 4.79 Å². The van der Waals surface area contributed by atoms with Crippen LogP contribution in [0.25, 0.3) is 0 Å². The van der Waals surface area contributed by atoms with Crippen molar-refractivity contribution in [3.05, 3.63) is 23.8 Å². The summed E-state index contributed by atoms with van der Waals surface area (Å²) in [7, 11) is 0. The van der Waals surface area contributed by atoms with E-state index in [-0.39, 0.29) is 17.7 Å². The van der Waals surface area contributed by atoms with Gasteiger partial charge in [0.15, 0.2) is 0 Å². The van der Waals surface area contributed by atoms with Crippen molar-refractivity contribution < 1.29 is 9.90 Å². The smallest absolute Gasteiger partial charge is 0.253 e. The van der Waals surface area contributed by atoms with Gasteiger partial charge in [-0.25, -0.2) is 0 Å². The van der Waals surface area contributed by atoms with E-state index in [1.807, 2.05) is 11.8 Å². The van der Waals surface area contributed by atoms with Crippen molar-refractivity contribution in [2.45, 2.75) is 18.9 Å². The summed E-state index contributed by atoms with van der Waals surface area (Å²) in [5.74, 6) is 2.03. The molecule has 4 N–H and O–H groups in total. The zero-order valence-electron chi connectivity index (χ0n) is 9.48. The van der Waals surface area contributed by atoms with E-state index in [1.165, 1.54) is 12.1 Å². The third kappa shape index (κ3) is 3.06. The van der Waals surface area contributed by atoms with Crippen LogP contribution in [0.15, 0.2) is 18.2 Å². The molecule has 92 valence electrons. The minimum absolute atomic E-state index is 0.0588. The lowest BCUT2D eigenvalue weighted by molar-refractivity contribution is 0.0935. The molecule has 0 atom stereocenters. The fourth-order valence-electron chi connectivity index (χ4n) is 1.85. The van der Waals surface area contributed by atoms with E-state index in [1.54, 1.807) is 6.07 Å². The summed E-state index contributed by atoms with van der Waals surface area (Å²) in [5, 5.41) is 12.3. The van der Waals surface area contributed by atoms with Crippen LogP contribution in [0.2, 0.25) is 0 Å². The van der Waals surface area contributed by atoms with Gasteiger partial charge >= 0.3 is 0 Å². The maximum atomic E-state index is 12.0. The molecule has 1 fully saturated rings. The molecule has 0 spiro atoms. The summed E-state index contributed by atoms with van der Waals surface area (Å²) in [6.07, 6.45) is 1.99. The number of rotatable bonds is 2. The van der Waals surface area contributed by atoms with Crippen LogP contribution < -0.4 is 11.1 Å². The third-order valence-electron chi connectivity index (χ3n) is 2.84. The second kappa shape index (κ2) is 5.31. The number of carbonyl (C=O) groups is 1. The number of phenols is 1. The zero-order valence-corrected chi connectivity index (χ0v) is 10.3. The summed E-state index contributed by atoms with van der Waals surface area (Å²) in [6.45, 7) is 0. The predicted molar refractivity (Wildman–Crippen MR) is 70.3 cm³/mol. The fraction of sp³-hybridized carbons (Fsp3) is 0.417. The van der Waals surface area contributed by atoms with Gasteiger partial charge in [0.05, 0.1) is 5.56 Å². The second-order valence-electron chi connectivity index (χ2n) is 4.13. The van der Waals surface area contributed by atoms with Crippen molar-refractivity contribution in [1.82, 2.24) is 5.32 Å². The molecule has 0 radical (unpaired) electrons. The summed E-state index contributed by atoms with van der Waals surface area (Å²) in [4.78, 5) is 12.0. The van der Waals surface area contributed by atoms with Crippen LogP contribution in [0, 0.1) is 0 Å². The van der Waals surface area contributed by atoms with Crippen LogP contribution in [-0.2, 0) is 0 Å². The Bertz CT molecular complexity index is 417. The highest BCUT2D eigenvalue weighted by molar-refractivity contribution is 7.99. The average Bonchev–Trinajstić information content (AvgIpc) is 2.33. The predicted octanol–water partition coefficient (Wildman–Crippen LogP) is 1.60. The molecule has 4 nitrogen and oxygen atoms in total. The van der Waals surface area contributed by atoms with Crippen molar-refractivity contribution in [1.29, 1.82) is 0 Å². The quantitative estimate of drug-likeness (QED) is 0.552. The normalized spacial score (nSPS) is 16.7. The number of nitrogens with one attached hydrogen (secondary N) is 1. The van der Waals surface area contributed by atoms with Gasteiger partial charge in [0.25, 0.3) is 5.91 Å². The van der Waals surface area contributed by atoms with Crippen molar-refractivity contribution in [2.75, 3.05) is 17.2 Å². The lowest BCUT2D eigenvalue weighted by Crippen LogP contribution is -2.37. The molecule has 0 saturated carbocycles. The molecule has 0 bridgehead atoms. The molecule has 1 aromatic rings. The molecule has 1 amide bonds. The Kier molecular flexibility index (Phi) is 3.78. The van der Waals surface area contributed by atoms with Gasteiger partial charge in [-0.2, -0.15) is 11.8 Å². The molecule has 1 aliphatic heterocycles. The Morgan fingerprint density at radius 2 is 2.12 bits per heavy atom. The van der Waals surface area contributed by atoms with Gasteiger partial charge in [-0.15, -0.1) is 0 Å². The van der Waals surface area contributed by atoms with E-state index in [0.29, 0.717) is 11.3 Å². The van der Waals surface area contributed by atoms with Crippen LogP contribution in [0.4, 0.5) is 5.69 Å². The first-order valence-electron chi connectivity index (χ1n) is 5.64. The molecular formula is C12H16N2O2S. The molecule has 0 aromatic heterocycles. The standard InChI is InChI=1S/C12H16N2O2S/c13-11-2-1-9(15)7-10(11)12(16)14-8-3-5-17-6-4-8/h1-2,7-8,15H,3-6,13H2,(H,14,16). The lowest BCUT2D eigenvalue weighted by atomic mass is 10.1. The largest absolute Gasteiger partial charge is 0.508 e. The summed E-state index contributed by atoms with van der Waals surface area (Å²) >= 11 is 1.91. The van der Waals surface area contributed by atoms with Crippen LogP contribution in [0.5, 0.6) is 5.75 Å². The van der Waals surface area contributed by atoms with Gasteiger partial charge < -0.3 is 16.2 Å². The van der Waals surface area contributed by atoms with Crippen molar-refractivity contribution in [3.63, 3.8) is 0 Å². The van der Waals surface area contributed by atoms with E-state index in [0.717, 1.165) is 24.3 Å². The maximum absolute atomic E-state index is 12.0. The van der Waals surface area contributed by atoms with E-state index < -0.39 is 0 Å². The number of nitrogens with two attached hydrogens (primary N) is 1. The van der Waals surface area contributed by atoms with Gasteiger partial charge in [0.2, 0.25) is 0 Å². The van der Waals surface area contributed by atoms with Gasteiger partial charge in [-0.05, 0) is 42.5 Å². The van der Waals surface area contributed by atoms with Gasteiger partial charge in [0.1, 0.15) is 5.75 Å². The molecule has 1 aromatic carbocycles. The lowest BCUT2D eigenvalue weighted by Gasteiger charge is -2.22. The molecule has 0 unspecified atom stereocenters. The number of hydrogen-bond donors (Lipinski definition) is 3. The molecule has 1 aliphatic rings. The molecule has 17 heavy (non-hydrogen) atoms. The van der Waals surface area contributed by atoms with Crippen LogP contribution in [-0.4, -0.2) is 28.6 Å². The van der Waals surface area contributed by atoms with E-state index in [2.05, 4.69) is 5.32 Å². The first-order valence-corrected chi connectivity index (χ1v) is 6.79. The molecule has 1 heterocycles. The number of thioether (sulfide) groups is 1. The Morgan fingerprint density at radius 3 is 2.82 bits per heavy atom. The first-order chi connectivity index (χ1) is 8.16. The number of aromatic hydroxyl groups is 1. The van der Waals surface area contributed by atoms with Crippen molar-refractivity contribution in [3.8, 4) is 5.75 Å². The van der Waals surface area contributed by atoms with E-state index in [9.17, 15) is 9.90 Å². The number of anilines is 1.